The van der Waals surface area contributed by atoms with Gasteiger partial charge in [0.25, 0.3) is 0 Å². The minimum Gasteiger partial charge on any atom is -0.493 e. The Morgan fingerprint density at radius 1 is 1.25 bits per heavy atom. The van der Waals surface area contributed by atoms with Crippen LogP contribution in [0.2, 0.25) is 0 Å². The largest absolute Gasteiger partial charge is 0.493 e. The fraction of sp³-hybridized carbons (Fsp3) is 0.538. The molecule has 0 radical (unpaired) electrons. The molecule has 90 valence electrons. The molecular formula is C13H20BrNO. The molecule has 16 heavy (non-hydrogen) atoms. The molecule has 1 aromatic rings. The monoisotopic (exact) mass is 285 g/mol. The third kappa shape index (κ3) is 4.54. The van der Waals surface area contributed by atoms with Crippen LogP contribution in [-0.2, 0) is 6.54 Å². The van der Waals surface area contributed by atoms with Gasteiger partial charge in [0.2, 0.25) is 0 Å². The van der Waals surface area contributed by atoms with Gasteiger partial charge in [-0.05, 0) is 37.6 Å². The lowest BCUT2D eigenvalue weighted by Gasteiger charge is -2.12. The zero-order chi connectivity index (χ0) is 11.8. The van der Waals surface area contributed by atoms with E-state index in [1.165, 1.54) is 5.56 Å². The summed E-state index contributed by atoms with van der Waals surface area (Å²) < 4.78 is 6.81. The first-order chi connectivity index (χ1) is 7.77. The van der Waals surface area contributed by atoms with Gasteiger partial charge in [-0.3, -0.25) is 0 Å². The quantitative estimate of drug-likeness (QED) is 0.771. The molecule has 0 fully saturated rings. The van der Waals surface area contributed by atoms with Crippen LogP contribution in [0.15, 0.2) is 22.7 Å². The van der Waals surface area contributed by atoms with E-state index in [-0.39, 0.29) is 0 Å². The van der Waals surface area contributed by atoms with E-state index in [0.29, 0.717) is 0 Å². The van der Waals surface area contributed by atoms with Gasteiger partial charge in [-0.15, -0.1) is 0 Å². The first-order valence-electron chi connectivity index (χ1n) is 5.89. The molecule has 0 amide bonds. The SMILES string of the molecule is CCCNCc1cc(Br)ccc1OCCC. The highest BCUT2D eigenvalue weighted by Gasteiger charge is 2.03. The molecule has 0 saturated carbocycles. The fourth-order valence-corrected chi connectivity index (χ4v) is 1.85. The molecule has 0 aliphatic carbocycles. The van der Waals surface area contributed by atoms with Gasteiger partial charge in [0.05, 0.1) is 6.61 Å². The second-order valence-corrected chi connectivity index (χ2v) is 4.69. The molecule has 0 aromatic heterocycles. The van der Waals surface area contributed by atoms with Crippen molar-refractivity contribution in [2.75, 3.05) is 13.2 Å². The minimum atomic E-state index is 0.780. The van der Waals surface area contributed by atoms with E-state index >= 15 is 0 Å². The molecule has 0 spiro atoms. The standard InChI is InChI=1S/C13H20BrNO/c1-3-7-15-10-11-9-12(14)5-6-13(11)16-8-4-2/h5-6,9,15H,3-4,7-8,10H2,1-2H3. The topological polar surface area (TPSA) is 21.3 Å². The van der Waals surface area contributed by atoms with Crippen LogP contribution < -0.4 is 10.1 Å². The second-order valence-electron chi connectivity index (χ2n) is 3.78. The highest BCUT2D eigenvalue weighted by Crippen LogP contribution is 2.23. The van der Waals surface area contributed by atoms with Crippen LogP contribution in [0.3, 0.4) is 0 Å². The number of benzene rings is 1. The molecule has 2 nitrogen and oxygen atoms in total. The summed E-state index contributed by atoms with van der Waals surface area (Å²) in [7, 11) is 0. The lowest BCUT2D eigenvalue weighted by molar-refractivity contribution is 0.313. The summed E-state index contributed by atoms with van der Waals surface area (Å²) in [5.41, 5.74) is 1.22. The van der Waals surface area contributed by atoms with Crippen molar-refractivity contribution in [2.24, 2.45) is 0 Å². The summed E-state index contributed by atoms with van der Waals surface area (Å²) in [6, 6.07) is 6.17. The minimum absolute atomic E-state index is 0.780. The maximum atomic E-state index is 5.71. The van der Waals surface area contributed by atoms with E-state index in [1.54, 1.807) is 0 Å². The third-order valence-corrected chi connectivity index (χ3v) is 2.72. The summed E-state index contributed by atoms with van der Waals surface area (Å²) in [6.07, 6.45) is 2.19. The van der Waals surface area contributed by atoms with Crippen LogP contribution in [-0.4, -0.2) is 13.2 Å². The number of rotatable bonds is 7. The highest BCUT2D eigenvalue weighted by molar-refractivity contribution is 9.10. The Bertz CT molecular complexity index is 315. The van der Waals surface area contributed by atoms with Crippen molar-refractivity contribution in [3.8, 4) is 5.75 Å². The number of ether oxygens (including phenoxy) is 1. The average molecular weight is 286 g/mol. The number of hydrogen-bond acceptors (Lipinski definition) is 2. The Morgan fingerprint density at radius 2 is 2.06 bits per heavy atom. The van der Waals surface area contributed by atoms with E-state index in [2.05, 4.69) is 41.2 Å². The molecule has 0 atom stereocenters. The van der Waals surface area contributed by atoms with Gasteiger partial charge >= 0.3 is 0 Å². The van der Waals surface area contributed by atoms with Crippen molar-refractivity contribution in [3.05, 3.63) is 28.2 Å². The Balaban J connectivity index is 2.65. The summed E-state index contributed by atoms with van der Waals surface area (Å²) in [4.78, 5) is 0. The molecule has 0 heterocycles. The van der Waals surface area contributed by atoms with E-state index in [4.69, 9.17) is 4.74 Å². The smallest absolute Gasteiger partial charge is 0.123 e. The molecule has 1 rings (SSSR count). The first-order valence-corrected chi connectivity index (χ1v) is 6.69. The fourth-order valence-electron chi connectivity index (χ4n) is 1.44. The van der Waals surface area contributed by atoms with Crippen molar-refractivity contribution in [3.63, 3.8) is 0 Å². The summed E-state index contributed by atoms with van der Waals surface area (Å²) >= 11 is 3.49. The van der Waals surface area contributed by atoms with Gasteiger partial charge in [0.1, 0.15) is 5.75 Å². The number of halogens is 1. The maximum absolute atomic E-state index is 5.71. The van der Waals surface area contributed by atoms with Crippen LogP contribution in [0, 0.1) is 0 Å². The van der Waals surface area contributed by atoms with Gasteiger partial charge < -0.3 is 10.1 Å². The van der Waals surface area contributed by atoms with Gasteiger partial charge in [-0.25, -0.2) is 0 Å². The molecule has 0 bridgehead atoms. The number of hydrogen-bond donors (Lipinski definition) is 1. The molecule has 3 heteroatoms. The van der Waals surface area contributed by atoms with E-state index < -0.39 is 0 Å². The predicted octanol–water partition coefficient (Wildman–Crippen LogP) is 3.74. The van der Waals surface area contributed by atoms with Gasteiger partial charge in [0.15, 0.2) is 0 Å². The molecular weight excluding hydrogens is 266 g/mol. The van der Waals surface area contributed by atoms with Crippen LogP contribution >= 0.6 is 15.9 Å². The van der Waals surface area contributed by atoms with Gasteiger partial charge in [-0.2, -0.15) is 0 Å². The molecule has 1 N–H and O–H groups in total. The van der Waals surface area contributed by atoms with E-state index in [0.717, 1.165) is 42.8 Å². The van der Waals surface area contributed by atoms with Crippen LogP contribution in [0.4, 0.5) is 0 Å². The zero-order valence-electron chi connectivity index (χ0n) is 10.1. The Kier molecular flexibility index (Phi) is 6.50. The average Bonchev–Trinajstić information content (AvgIpc) is 2.28. The summed E-state index contributed by atoms with van der Waals surface area (Å²) in [5.74, 6) is 0.994. The summed E-state index contributed by atoms with van der Waals surface area (Å²) in [5, 5.41) is 3.39. The molecule has 0 aliphatic heterocycles. The van der Waals surface area contributed by atoms with Crippen molar-refractivity contribution >= 4 is 15.9 Å². The van der Waals surface area contributed by atoms with Crippen LogP contribution in [0.25, 0.3) is 0 Å². The third-order valence-electron chi connectivity index (χ3n) is 2.23. The lowest BCUT2D eigenvalue weighted by Crippen LogP contribution is -2.14. The van der Waals surface area contributed by atoms with Crippen molar-refractivity contribution in [1.82, 2.24) is 5.32 Å². The van der Waals surface area contributed by atoms with Crippen molar-refractivity contribution in [2.45, 2.75) is 33.2 Å². The van der Waals surface area contributed by atoms with Gasteiger partial charge in [0, 0.05) is 16.6 Å². The zero-order valence-corrected chi connectivity index (χ0v) is 11.6. The lowest BCUT2D eigenvalue weighted by atomic mass is 10.2. The second kappa shape index (κ2) is 7.69. The van der Waals surface area contributed by atoms with E-state index in [9.17, 15) is 0 Å². The summed E-state index contributed by atoms with van der Waals surface area (Å²) in [6.45, 7) is 6.98. The number of nitrogens with one attached hydrogen (secondary N) is 1. The Morgan fingerprint density at radius 3 is 2.75 bits per heavy atom. The molecule has 0 aliphatic rings. The predicted molar refractivity (Wildman–Crippen MR) is 71.9 cm³/mol. The highest BCUT2D eigenvalue weighted by atomic mass is 79.9. The van der Waals surface area contributed by atoms with Crippen LogP contribution in [0.1, 0.15) is 32.3 Å². The van der Waals surface area contributed by atoms with Gasteiger partial charge in [-0.1, -0.05) is 29.8 Å². The normalized spacial score (nSPS) is 10.4. The van der Waals surface area contributed by atoms with E-state index in [1.807, 2.05) is 12.1 Å². The maximum Gasteiger partial charge on any atom is 0.123 e. The molecule has 0 unspecified atom stereocenters. The first kappa shape index (κ1) is 13.5. The Hall–Kier alpha value is -0.540. The molecule has 0 saturated heterocycles. The Labute approximate surface area is 107 Å². The molecule has 1 aromatic carbocycles. The van der Waals surface area contributed by atoms with Crippen molar-refractivity contribution < 1.29 is 4.74 Å². The van der Waals surface area contributed by atoms with Crippen molar-refractivity contribution in [1.29, 1.82) is 0 Å². The van der Waals surface area contributed by atoms with Crippen LogP contribution in [0.5, 0.6) is 5.75 Å².